The zero-order chi connectivity index (χ0) is 20.3. The molecule has 0 heterocycles. The van der Waals surface area contributed by atoms with E-state index in [2.05, 4.69) is 10.6 Å². The van der Waals surface area contributed by atoms with Crippen LogP contribution in [0.3, 0.4) is 0 Å². The molecule has 0 amide bonds. The zero-order valence-electron chi connectivity index (χ0n) is 14.7. The van der Waals surface area contributed by atoms with E-state index in [-0.39, 0.29) is 18.4 Å². The van der Waals surface area contributed by atoms with E-state index in [1.54, 1.807) is 48.5 Å². The number of rotatable bonds is 6. The van der Waals surface area contributed by atoms with Gasteiger partial charge in [0.1, 0.15) is 0 Å². The molecule has 4 N–H and O–H groups in total. The van der Waals surface area contributed by atoms with Gasteiger partial charge in [0.25, 0.3) is 0 Å². The number of benzene rings is 2. The standard InChI is InChI=1S/C20H18Cl2N2O4/c21-11-1-5-13(6-2-11)23-17-9-16(20(27)28)18(10-15(17)19(25)26)24-14-7-3-12(22)4-8-14/h1-8,15,17,23-24H,9-10H2,(H,25,26)(H,27,28). The molecule has 8 heteroatoms. The summed E-state index contributed by atoms with van der Waals surface area (Å²) in [5.74, 6) is -2.87. The summed E-state index contributed by atoms with van der Waals surface area (Å²) in [6.07, 6.45) is 0.121. The van der Waals surface area contributed by atoms with E-state index < -0.39 is 23.9 Å². The van der Waals surface area contributed by atoms with Crippen LogP contribution in [0.5, 0.6) is 0 Å². The molecule has 2 aromatic rings. The van der Waals surface area contributed by atoms with Crippen molar-refractivity contribution in [1.82, 2.24) is 0 Å². The Bertz CT molecular complexity index is 911. The Morgan fingerprint density at radius 3 is 1.89 bits per heavy atom. The lowest BCUT2D eigenvalue weighted by Crippen LogP contribution is -2.40. The van der Waals surface area contributed by atoms with Crippen LogP contribution in [-0.2, 0) is 9.59 Å². The molecule has 0 aliphatic heterocycles. The number of nitrogens with one attached hydrogen (secondary N) is 2. The van der Waals surface area contributed by atoms with Gasteiger partial charge in [-0.05, 0) is 48.5 Å². The van der Waals surface area contributed by atoms with Crippen molar-refractivity contribution in [2.24, 2.45) is 5.92 Å². The molecule has 28 heavy (non-hydrogen) atoms. The topological polar surface area (TPSA) is 98.7 Å². The second kappa shape index (κ2) is 8.54. The van der Waals surface area contributed by atoms with Gasteiger partial charge in [0.2, 0.25) is 0 Å². The molecule has 0 saturated carbocycles. The Kier molecular flexibility index (Phi) is 6.11. The van der Waals surface area contributed by atoms with Crippen LogP contribution in [0.1, 0.15) is 12.8 Å². The molecule has 0 radical (unpaired) electrons. The van der Waals surface area contributed by atoms with Gasteiger partial charge >= 0.3 is 11.9 Å². The minimum Gasteiger partial charge on any atom is -0.481 e. The summed E-state index contributed by atoms with van der Waals surface area (Å²) in [6.45, 7) is 0. The number of hydrogen-bond acceptors (Lipinski definition) is 4. The third kappa shape index (κ3) is 4.77. The van der Waals surface area contributed by atoms with E-state index in [0.717, 1.165) is 0 Å². The summed E-state index contributed by atoms with van der Waals surface area (Å²) in [7, 11) is 0. The van der Waals surface area contributed by atoms with E-state index in [1.807, 2.05) is 0 Å². The lowest BCUT2D eigenvalue weighted by atomic mass is 9.82. The van der Waals surface area contributed by atoms with E-state index >= 15 is 0 Å². The summed E-state index contributed by atoms with van der Waals surface area (Å²) in [5.41, 5.74) is 1.86. The van der Waals surface area contributed by atoms with Crippen molar-refractivity contribution in [1.29, 1.82) is 0 Å². The van der Waals surface area contributed by atoms with Crippen molar-refractivity contribution in [3.05, 3.63) is 69.8 Å². The average molecular weight is 421 g/mol. The number of carboxylic acids is 2. The molecule has 0 spiro atoms. The fraction of sp³-hybridized carbons (Fsp3) is 0.200. The van der Waals surface area contributed by atoms with Crippen molar-refractivity contribution in [2.75, 3.05) is 10.6 Å². The van der Waals surface area contributed by atoms with Crippen LogP contribution in [0.25, 0.3) is 0 Å². The molecule has 2 aromatic carbocycles. The van der Waals surface area contributed by atoms with Gasteiger partial charge in [-0.3, -0.25) is 4.79 Å². The normalized spacial score (nSPS) is 19.2. The Balaban J connectivity index is 1.88. The minimum atomic E-state index is -1.08. The smallest absolute Gasteiger partial charge is 0.333 e. The van der Waals surface area contributed by atoms with E-state index in [4.69, 9.17) is 23.2 Å². The van der Waals surface area contributed by atoms with Crippen molar-refractivity contribution in [3.8, 4) is 0 Å². The lowest BCUT2D eigenvalue weighted by Gasteiger charge is -2.32. The second-order valence-electron chi connectivity index (χ2n) is 6.50. The lowest BCUT2D eigenvalue weighted by molar-refractivity contribution is -0.143. The molecule has 3 rings (SSSR count). The third-order valence-electron chi connectivity index (χ3n) is 4.61. The molecular formula is C20H18Cl2N2O4. The van der Waals surface area contributed by atoms with E-state index in [1.165, 1.54) is 0 Å². The van der Waals surface area contributed by atoms with Gasteiger partial charge < -0.3 is 20.8 Å². The summed E-state index contributed by atoms with van der Waals surface area (Å²) in [6, 6.07) is 13.0. The van der Waals surface area contributed by atoms with Gasteiger partial charge in [0.15, 0.2) is 0 Å². The number of allylic oxidation sites excluding steroid dienone is 1. The Hall–Kier alpha value is -2.70. The van der Waals surface area contributed by atoms with Crippen molar-refractivity contribution >= 4 is 46.5 Å². The van der Waals surface area contributed by atoms with Crippen LogP contribution >= 0.6 is 23.2 Å². The van der Waals surface area contributed by atoms with Crippen LogP contribution < -0.4 is 10.6 Å². The van der Waals surface area contributed by atoms with Gasteiger partial charge in [0.05, 0.1) is 11.5 Å². The van der Waals surface area contributed by atoms with Gasteiger partial charge in [-0.1, -0.05) is 23.2 Å². The maximum absolute atomic E-state index is 11.9. The number of hydrogen-bond donors (Lipinski definition) is 4. The maximum atomic E-state index is 11.9. The van der Waals surface area contributed by atoms with Crippen molar-refractivity contribution in [3.63, 3.8) is 0 Å². The Morgan fingerprint density at radius 2 is 1.39 bits per heavy atom. The molecule has 1 aliphatic carbocycles. The molecule has 0 bridgehead atoms. The van der Waals surface area contributed by atoms with Crippen LogP contribution in [0.15, 0.2) is 59.8 Å². The Morgan fingerprint density at radius 1 is 0.857 bits per heavy atom. The second-order valence-corrected chi connectivity index (χ2v) is 7.38. The summed E-state index contributed by atoms with van der Waals surface area (Å²) >= 11 is 11.8. The van der Waals surface area contributed by atoms with E-state index in [9.17, 15) is 19.8 Å². The predicted octanol–water partition coefficient (Wildman–Crippen LogP) is 4.72. The highest BCUT2D eigenvalue weighted by molar-refractivity contribution is 6.30. The average Bonchev–Trinajstić information content (AvgIpc) is 2.66. The number of anilines is 2. The number of carboxylic acid groups (broad SMARTS) is 2. The maximum Gasteiger partial charge on any atom is 0.333 e. The fourth-order valence-corrected chi connectivity index (χ4v) is 3.44. The zero-order valence-corrected chi connectivity index (χ0v) is 16.2. The largest absolute Gasteiger partial charge is 0.481 e. The highest BCUT2D eigenvalue weighted by Gasteiger charge is 2.37. The third-order valence-corrected chi connectivity index (χ3v) is 5.11. The van der Waals surface area contributed by atoms with Crippen LogP contribution in [-0.4, -0.2) is 28.2 Å². The molecular weight excluding hydrogens is 403 g/mol. The molecule has 6 nitrogen and oxygen atoms in total. The number of carbonyl (C=O) groups is 2. The fourth-order valence-electron chi connectivity index (χ4n) is 3.19. The summed E-state index contributed by atoms with van der Waals surface area (Å²) in [4.78, 5) is 23.7. The quantitative estimate of drug-likeness (QED) is 0.539. The monoisotopic (exact) mass is 420 g/mol. The molecule has 2 unspecified atom stereocenters. The van der Waals surface area contributed by atoms with Gasteiger partial charge in [-0.15, -0.1) is 0 Å². The van der Waals surface area contributed by atoms with Crippen LogP contribution in [0, 0.1) is 5.92 Å². The van der Waals surface area contributed by atoms with Crippen molar-refractivity contribution in [2.45, 2.75) is 18.9 Å². The highest BCUT2D eigenvalue weighted by atomic mass is 35.5. The van der Waals surface area contributed by atoms with Crippen molar-refractivity contribution < 1.29 is 19.8 Å². The summed E-state index contributed by atoms with van der Waals surface area (Å²) in [5, 5.41) is 26.7. The van der Waals surface area contributed by atoms with Gasteiger partial charge in [-0.2, -0.15) is 0 Å². The van der Waals surface area contributed by atoms with Crippen LogP contribution in [0.4, 0.5) is 11.4 Å². The number of aliphatic carboxylic acids is 2. The van der Waals surface area contributed by atoms with Gasteiger partial charge in [-0.25, -0.2) is 4.79 Å². The Labute approximate surface area is 171 Å². The summed E-state index contributed by atoms with van der Waals surface area (Å²) < 4.78 is 0. The first kappa shape index (κ1) is 20.0. The molecule has 2 atom stereocenters. The first-order chi connectivity index (χ1) is 13.3. The highest BCUT2D eigenvalue weighted by Crippen LogP contribution is 2.33. The van der Waals surface area contributed by atoms with Gasteiger partial charge in [0, 0.05) is 46.0 Å². The first-order valence-electron chi connectivity index (χ1n) is 8.56. The molecule has 0 saturated heterocycles. The minimum absolute atomic E-state index is 0.0604. The number of halogens is 2. The predicted molar refractivity (Wildman–Crippen MR) is 109 cm³/mol. The first-order valence-corrected chi connectivity index (χ1v) is 9.32. The van der Waals surface area contributed by atoms with Crippen LogP contribution in [0.2, 0.25) is 10.0 Å². The molecule has 146 valence electrons. The molecule has 1 aliphatic rings. The molecule has 0 aromatic heterocycles. The van der Waals surface area contributed by atoms with E-state index in [0.29, 0.717) is 27.1 Å². The SMILES string of the molecule is O=C(O)C1=C(Nc2ccc(Cl)cc2)CC(C(=O)O)C(Nc2ccc(Cl)cc2)C1. The molecule has 0 fully saturated rings.